The van der Waals surface area contributed by atoms with Crippen LogP contribution in [-0.4, -0.2) is 16.1 Å². The van der Waals surface area contributed by atoms with Crippen molar-refractivity contribution in [3.05, 3.63) is 412 Å². The average molecular weight is 1520 g/mol. The molecule has 0 saturated heterocycles. The largest absolute Gasteiger partial charge is 0.454 e. The summed E-state index contributed by atoms with van der Waals surface area (Å²) in [7, 11) is -5.74. The number of ether oxygens (including phenoxy) is 2. The molecule has 18 aromatic rings. The minimum absolute atomic E-state index is 0.923. The zero-order chi connectivity index (χ0) is 73.9. The van der Waals surface area contributed by atoms with Crippen LogP contribution in [0, 0.1) is 0 Å². The van der Waals surface area contributed by atoms with Gasteiger partial charge in [-0.25, -0.2) is 0 Å². The zero-order valence-electron chi connectivity index (χ0n) is 60.7. The quantitative estimate of drug-likeness (QED) is 0.120. The number of nitrogens with zero attached hydrogens (tertiary/aromatic N) is 2. The van der Waals surface area contributed by atoms with Crippen molar-refractivity contribution in [1.82, 2.24) is 0 Å². The number of fused-ring (bicyclic) bond motifs is 18. The summed E-state index contributed by atoms with van der Waals surface area (Å²) in [5.41, 5.74) is 19.9. The molecule has 0 radical (unpaired) electrons. The number of hydrogen-bond acceptors (Lipinski definition) is 7. The molecule has 0 fully saturated rings. The molecule has 528 valence electrons. The number of thiophene rings is 1. The highest BCUT2D eigenvalue weighted by atomic mass is 32.2. The maximum Gasteiger partial charge on any atom is 0.181 e. The first-order valence-electron chi connectivity index (χ1n) is 38.2. The van der Waals surface area contributed by atoms with Gasteiger partial charge in [-0.3, -0.25) is 0 Å². The lowest BCUT2D eigenvalue weighted by Crippen LogP contribution is -2.72. The summed E-state index contributed by atoms with van der Waals surface area (Å²) in [4.78, 5) is 9.34. The van der Waals surface area contributed by atoms with Gasteiger partial charge in [-0.1, -0.05) is 309 Å². The number of hydrogen-bond donors (Lipinski definition) is 0. The highest BCUT2D eigenvalue weighted by Crippen LogP contribution is 2.54. The van der Waals surface area contributed by atoms with Crippen molar-refractivity contribution in [3.63, 3.8) is 0 Å². The van der Waals surface area contributed by atoms with Gasteiger partial charge in [0.1, 0.15) is 23.0 Å². The molecule has 0 saturated carbocycles. The standard InChI is InChI=1S/C54H35NOS2Si.C49H33NOSSi/c1-4-14-36(15-5-1)37-24-27-41(28-25-37)59(51-23-13-10-20-45(51)53-52(59)33-32-48-54(53)56-46-21-11-12-22-47(46)57-48)42-29-31-44-43-30-26-40(34-49(43)58-50(44)35-42)55(38-16-6-2-7-17-38)39-18-8-3-9-19-39;1-3-14-35(15-4-1)50(36-16-5-2-6-17-36)37-24-27-38(28-25-37)53(39-26-23-34-31-33-13-7-8-18-40(33)42(34)32-39)46-22-12-9-19-41(46)48-47(53)30-29-45-49(48)51-43-20-10-11-21-44(43)52-45/h1-35H;1-30,32H,31H2. The molecule has 0 spiro atoms. The van der Waals surface area contributed by atoms with Crippen LogP contribution >= 0.6 is 34.9 Å². The van der Waals surface area contributed by atoms with Gasteiger partial charge in [-0.05, 0) is 208 Å². The normalized spacial score (nSPS) is 15.2. The lowest BCUT2D eigenvalue weighted by atomic mass is 10.0. The number of anilines is 6. The van der Waals surface area contributed by atoms with Gasteiger partial charge < -0.3 is 19.3 Å². The maximum atomic E-state index is 6.92. The van der Waals surface area contributed by atoms with Crippen LogP contribution in [-0.2, 0) is 6.42 Å². The molecule has 1 aliphatic carbocycles. The van der Waals surface area contributed by atoms with Crippen LogP contribution < -0.4 is 60.8 Å². The van der Waals surface area contributed by atoms with E-state index >= 15 is 0 Å². The van der Waals surface area contributed by atoms with Gasteiger partial charge in [0, 0.05) is 65.4 Å². The Morgan fingerprint density at radius 1 is 0.250 bits per heavy atom. The van der Waals surface area contributed by atoms with Crippen molar-refractivity contribution in [2.75, 3.05) is 9.80 Å². The summed E-state index contributed by atoms with van der Waals surface area (Å²) in [5.74, 6) is 3.81. The highest BCUT2D eigenvalue weighted by Gasteiger charge is 2.53. The first-order chi connectivity index (χ1) is 55.5. The van der Waals surface area contributed by atoms with Crippen LogP contribution in [0.4, 0.5) is 34.1 Å². The number of benzene rings is 17. The monoisotopic (exact) mass is 1520 g/mol. The van der Waals surface area contributed by atoms with Crippen molar-refractivity contribution in [2.24, 2.45) is 0 Å². The molecule has 5 heterocycles. The Balaban J connectivity index is 0.000000138. The summed E-state index contributed by atoms with van der Waals surface area (Å²) in [6, 6.07) is 148. The van der Waals surface area contributed by atoms with E-state index in [2.05, 4.69) is 410 Å². The molecule has 0 N–H and O–H groups in total. The van der Waals surface area contributed by atoms with Gasteiger partial charge in [0.15, 0.2) is 16.1 Å². The second-order valence-electron chi connectivity index (χ2n) is 29.2. The van der Waals surface area contributed by atoms with Gasteiger partial charge in [0.25, 0.3) is 0 Å². The molecule has 4 aliphatic heterocycles. The van der Waals surface area contributed by atoms with E-state index < -0.39 is 16.1 Å². The molecule has 17 aromatic carbocycles. The second-order valence-corrected chi connectivity index (χ2v) is 39.9. The third kappa shape index (κ3) is 10.6. The van der Waals surface area contributed by atoms with E-state index in [1.54, 1.807) is 0 Å². The molecule has 0 amide bonds. The number of para-hydroxylation sites is 6. The predicted molar refractivity (Wildman–Crippen MR) is 475 cm³/mol. The van der Waals surface area contributed by atoms with Crippen LogP contribution in [0.5, 0.6) is 23.0 Å². The fraction of sp³-hybridized carbons (Fsp3) is 0.00971. The Kier molecular flexibility index (Phi) is 16.0. The fourth-order valence-corrected chi connectivity index (χ4v) is 31.9. The minimum Gasteiger partial charge on any atom is -0.454 e. The van der Waals surface area contributed by atoms with Crippen LogP contribution in [0.25, 0.3) is 64.7 Å². The highest BCUT2D eigenvalue weighted by molar-refractivity contribution is 8.00. The Morgan fingerprint density at radius 3 is 1.18 bits per heavy atom. The van der Waals surface area contributed by atoms with E-state index in [4.69, 9.17) is 9.47 Å². The van der Waals surface area contributed by atoms with Crippen molar-refractivity contribution in [2.45, 2.75) is 26.0 Å². The lowest BCUT2D eigenvalue weighted by molar-refractivity contribution is 0.456. The SMILES string of the molecule is c1ccc(-c2ccc([Si]3(c4ccc5c(c4)sc4cc(N(c6ccccc6)c6ccccc6)ccc45)c4ccccc4-c4c3ccc3c4Oc4ccccc4S3)cc2)cc1.c1ccc(N(c2ccccc2)c2ccc([Si]3(c4ccc5c(c4)-c4ccccc4C5)c4ccccc4-c4c3ccc3c4Oc4ccccc4S3)cc2)cc1. The molecule has 2 atom stereocenters. The average Bonchev–Trinajstić information content (AvgIpc) is 1.52. The number of rotatable bonds is 11. The molecular weight excluding hydrogens is 1450 g/mol. The van der Waals surface area contributed by atoms with E-state index in [1.165, 1.54) is 122 Å². The van der Waals surface area contributed by atoms with E-state index in [9.17, 15) is 0 Å². The van der Waals surface area contributed by atoms with E-state index in [0.717, 1.165) is 78.2 Å². The second kappa shape index (κ2) is 27.1. The Morgan fingerprint density at radius 2 is 0.634 bits per heavy atom. The minimum atomic E-state index is -2.87. The molecule has 5 aliphatic rings. The summed E-state index contributed by atoms with van der Waals surface area (Å²) >= 11 is 5.51. The molecule has 1 aromatic heterocycles. The van der Waals surface area contributed by atoms with Crippen LogP contribution in [0.3, 0.4) is 0 Å². The molecule has 0 bridgehead atoms. The first kappa shape index (κ1) is 66.3. The lowest BCUT2D eigenvalue weighted by Gasteiger charge is -2.33. The maximum absolute atomic E-state index is 6.92. The Hall–Kier alpha value is -12.7. The molecular formula is C103H68N2O2S3Si2. The van der Waals surface area contributed by atoms with Gasteiger partial charge in [0.2, 0.25) is 0 Å². The summed E-state index contributed by atoms with van der Waals surface area (Å²) in [5, 5.41) is 13.7. The van der Waals surface area contributed by atoms with Gasteiger partial charge >= 0.3 is 0 Å². The summed E-state index contributed by atoms with van der Waals surface area (Å²) in [6.45, 7) is 0. The molecule has 112 heavy (non-hydrogen) atoms. The Labute approximate surface area is 665 Å². The van der Waals surface area contributed by atoms with Crippen molar-refractivity contribution in [1.29, 1.82) is 0 Å². The van der Waals surface area contributed by atoms with Crippen LogP contribution in [0.15, 0.2) is 420 Å². The topological polar surface area (TPSA) is 24.9 Å². The van der Waals surface area contributed by atoms with E-state index in [1.807, 2.05) is 34.9 Å². The molecule has 9 heteroatoms. The van der Waals surface area contributed by atoms with Crippen LogP contribution in [0.2, 0.25) is 0 Å². The van der Waals surface area contributed by atoms with Crippen LogP contribution in [0.1, 0.15) is 11.1 Å². The van der Waals surface area contributed by atoms with Gasteiger partial charge in [-0.2, -0.15) is 0 Å². The van der Waals surface area contributed by atoms with Crippen molar-refractivity contribution >= 4 is 147 Å². The molecule has 4 nitrogen and oxygen atoms in total. The van der Waals surface area contributed by atoms with Gasteiger partial charge in [0.05, 0.1) is 19.6 Å². The van der Waals surface area contributed by atoms with Crippen molar-refractivity contribution in [3.8, 4) is 67.5 Å². The van der Waals surface area contributed by atoms with E-state index in [-0.39, 0.29) is 0 Å². The predicted octanol–water partition coefficient (Wildman–Crippen LogP) is 23.1. The summed E-state index contributed by atoms with van der Waals surface area (Å²) < 4.78 is 16.4. The molecule has 2 unspecified atom stereocenters. The Bertz CT molecular complexity index is 6660. The van der Waals surface area contributed by atoms with Crippen molar-refractivity contribution < 1.29 is 9.47 Å². The fourth-order valence-electron chi connectivity index (χ4n) is 18.4. The third-order valence-electron chi connectivity index (χ3n) is 23.2. The smallest absolute Gasteiger partial charge is 0.181 e. The zero-order valence-corrected chi connectivity index (χ0v) is 65.2. The van der Waals surface area contributed by atoms with Gasteiger partial charge in [-0.15, -0.1) is 11.3 Å². The van der Waals surface area contributed by atoms with E-state index in [0.29, 0.717) is 0 Å². The third-order valence-corrected chi connectivity index (χ3v) is 36.2. The first-order valence-corrected chi connectivity index (χ1v) is 44.7. The molecule has 23 rings (SSSR count). The summed E-state index contributed by atoms with van der Waals surface area (Å²) in [6.07, 6.45) is 0.981.